The van der Waals surface area contributed by atoms with Crippen molar-refractivity contribution in [1.29, 1.82) is 0 Å². The first-order chi connectivity index (χ1) is 7.43. The molecule has 0 aliphatic heterocycles. The van der Waals surface area contributed by atoms with Gasteiger partial charge in [-0.2, -0.15) is 5.10 Å². The molecule has 5 nitrogen and oxygen atoms in total. The van der Waals surface area contributed by atoms with E-state index in [9.17, 15) is 4.79 Å². The topological polar surface area (TPSA) is 69.8 Å². The number of carbonyl (C=O) groups excluding carboxylic acids is 1. The molecule has 0 unspecified atom stereocenters. The van der Waals surface area contributed by atoms with Gasteiger partial charge in [-0.3, -0.25) is 9.89 Å². The van der Waals surface area contributed by atoms with Crippen LogP contribution in [-0.2, 0) is 10.2 Å². The summed E-state index contributed by atoms with van der Waals surface area (Å²) < 4.78 is 0. The molecule has 0 radical (unpaired) electrons. The zero-order valence-corrected chi connectivity index (χ0v) is 10.3. The Morgan fingerprint density at radius 2 is 2.19 bits per heavy atom. The molecule has 0 bridgehead atoms. The number of amides is 1. The van der Waals surface area contributed by atoms with Crippen molar-refractivity contribution in [3.63, 3.8) is 0 Å². The van der Waals surface area contributed by atoms with Gasteiger partial charge in [0.2, 0.25) is 5.91 Å². The van der Waals surface area contributed by atoms with Crippen LogP contribution in [0.5, 0.6) is 0 Å². The van der Waals surface area contributed by atoms with Gasteiger partial charge in [-0.1, -0.05) is 20.8 Å². The fourth-order valence-corrected chi connectivity index (χ4v) is 1.21. The molecule has 1 amide bonds. The summed E-state index contributed by atoms with van der Waals surface area (Å²) in [5, 5.41) is 12.7. The smallest absolute Gasteiger partial charge is 0.226 e. The van der Waals surface area contributed by atoms with E-state index in [1.807, 2.05) is 13.1 Å². The Bertz CT molecular complexity index is 351. The first kappa shape index (κ1) is 12.7. The minimum Gasteiger partial charge on any atom is -0.319 e. The van der Waals surface area contributed by atoms with Crippen LogP contribution in [-0.4, -0.2) is 29.7 Å². The van der Waals surface area contributed by atoms with Crippen molar-refractivity contribution in [3.8, 4) is 0 Å². The summed E-state index contributed by atoms with van der Waals surface area (Å²) in [6.45, 7) is 6.94. The number of H-pyrrole nitrogens is 1. The molecule has 3 N–H and O–H groups in total. The van der Waals surface area contributed by atoms with Gasteiger partial charge in [-0.15, -0.1) is 0 Å². The lowest BCUT2D eigenvalue weighted by Gasteiger charge is -2.14. The van der Waals surface area contributed by atoms with E-state index >= 15 is 0 Å². The van der Waals surface area contributed by atoms with E-state index in [0.29, 0.717) is 18.8 Å². The molecule has 0 atom stereocenters. The van der Waals surface area contributed by atoms with E-state index in [1.165, 1.54) is 0 Å². The summed E-state index contributed by atoms with van der Waals surface area (Å²) in [4.78, 5) is 11.4. The number of aromatic amines is 1. The fraction of sp³-hybridized carbons (Fsp3) is 0.636. The van der Waals surface area contributed by atoms with Crippen LogP contribution in [0, 0.1) is 0 Å². The van der Waals surface area contributed by atoms with Crippen molar-refractivity contribution < 1.29 is 4.79 Å². The van der Waals surface area contributed by atoms with E-state index in [0.717, 1.165) is 5.69 Å². The molecule has 0 aromatic carbocycles. The van der Waals surface area contributed by atoms with E-state index in [1.54, 1.807) is 0 Å². The lowest BCUT2D eigenvalue weighted by Crippen LogP contribution is -2.18. The Balaban J connectivity index is 2.56. The zero-order chi connectivity index (χ0) is 12.2. The summed E-state index contributed by atoms with van der Waals surface area (Å²) in [7, 11) is 1.82. The fourth-order valence-electron chi connectivity index (χ4n) is 1.21. The Labute approximate surface area is 96.0 Å². The highest BCUT2D eigenvalue weighted by atomic mass is 16.1. The van der Waals surface area contributed by atoms with Crippen molar-refractivity contribution >= 4 is 11.7 Å². The third kappa shape index (κ3) is 3.66. The Kier molecular flexibility index (Phi) is 4.06. The summed E-state index contributed by atoms with van der Waals surface area (Å²) >= 11 is 0. The van der Waals surface area contributed by atoms with Gasteiger partial charge < -0.3 is 10.6 Å². The number of nitrogens with zero attached hydrogens (tertiary/aromatic N) is 1. The monoisotopic (exact) mass is 224 g/mol. The van der Waals surface area contributed by atoms with Gasteiger partial charge in [0.05, 0.1) is 0 Å². The highest BCUT2D eigenvalue weighted by Gasteiger charge is 2.17. The number of hydrogen-bond acceptors (Lipinski definition) is 3. The molecule has 0 saturated carbocycles. The zero-order valence-electron chi connectivity index (χ0n) is 10.3. The van der Waals surface area contributed by atoms with Gasteiger partial charge >= 0.3 is 0 Å². The van der Waals surface area contributed by atoms with Gasteiger partial charge in [0.25, 0.3) is 0 Å². The molecule has 1 rings (SSSR count). The molecule has 0 spiro atoms. The minimum absolute atomic E-state index is 0.0148. The molecule has 1 aromatic heterocycles. The number of carbonyl (C=O) groups is 1. The van der Waals surface area contributed by atoms with Crippen LogP contribution in [0.25, 0.3) is 0 Å². The number of rotatable bonds is 4. The second-order valence-electron chi connectivity index (χ2n) is 4.82. The maximum Gasteiger partial charge on any atom is 0.226 e. The maximum atomic E-state index is 11.4. The largest absolute Gasteiger partial charge is 0.319 e. The highest BCUT2D eigenvalue weighted by molar-refractivity contribution is 5.89. The van der Waals surface area contributed by atoms with Crippen LogP contribution in [0.4, 0.5) is 5.82 Å². The first-order valence-electron chi connectivity index (χ1n) is 5.44. The normalized spacial score (nSPS) is 11.5. The first-order valence-corrected chi connectivity index (χ1v) is 5.44. The predicted octanol–water partition coefficient (Wildman–Crippen LogP) is 1.26. The molecule has 0 aliphatic rings. The summed E-state index contributed by atoms with van der Waals surface area (Å²) in [5.41, 5.74) is 1.03. The van der Waals surface area contributed by atoms with Gasteiger partial charge in [0.15, 0.2) is 5.82 Å². The van der Waals surface area contributed by atoms with Crippen molar-refractivity contribution in [2.45, 2.75) is 32.6 Å². The standard InChI is InChI=1S/C11H20N4O/c1-11(2,3)8-7-9(15-14-8)13-10(16)5-6-12-4/h7,12H,5-6H2,1-4H3,(H2,13,14,15,16). The van der Waals surface area contributed by atoms with Crippen LogP contribution in [0.3, 0.4) is 0 Å². The van der Waals surface area contributed by atoms with Crippen LogP contribution in [0.1, 0.15) is 32.9 Å². The molecule has 90 valence electrons. The third-order valence-electron chi connectivity index (χ3n) is 2.26. The molecular formula is C11H20N4O. The highest BCUT2D eigenvalue weighted by Crippen LogP contribution is 2.21. The van der Waals surface area contributed by atoms with E-state index < -0.39 is 0 Å². The van der Waals surface area contributed by atoms with Crippen molar-refractivity contribution in [2.75, 3.05) is 18.9 Å². The summed E-state index contributed by atoms with van der Waals surface area (Å²) in [5.74, 6) is 0.562. The van der Waals surface area contributed by atoms with Crippen LogP contribution in [0.2, 0.25) is 0 Å². The van der Waals surface area contributed by atoms with Crippen LogP contribution < -0.4 is 10.6 Å². The van der Waals surface area contributed by atoms with Gasteiger partial charge in [0, 0.05) is 30.1 Å². The quantitative estimate of drug-likeness (QED) is 0.721. The van der Waals surface area contributed by atoms with Crippen molar-refractivity contribution in [2.24, 2.45) is 0 Å². The Morgan fingerprint density at radius 3 is 2.69 bits per heavy atom. The lowest BCUT2D eigenvalue weighted by atomic mass is 9.92. The summed E-state index contributed by atoms with van der Waals surface area (Å²) in [6, 6.07) is 1.87. The third-order valence-corrected chi connectivity index (χ3v) is 2.26. The Morgan fingerprint density at radius 1 is 1.50 bits per heavy atom. The molecule has 5 heteroatoms. The van der Waals surface area contributed by atoms with Crippen LogP contribution >= 0.6 is 0 Å². The minimum atomic E-state index is -0.0266. The maximum absolute atomic E-state index is 11.4. The second kappa shape index (κ2) is 5.12. The number of nitrogens with one attached hydrogen (secondary N) is 3. The summed E-state index contributed by atoms with van der Waals surface area (Å²) in [6.07, 6.45) is 0.453. The van der Waals surface area contributed by atoms with Gasteiger partial charge in [-0.05, 0) is 7.05 Å². The number of hydrogen-bond donors (Lipinski definition) is 3. The molecule has 0 saturated heterocycles. The molecule has 0 aliphatic carbocycles. The van der Waals surface area contributed by atoms with Crippen molar-refractivity contribution in [1.82, 2.24) is 15.5 Å². The molecular weight excluding hydrogens is 204 g/mol. The number of anilines is 1. The van der Waals surface area contributed by atoms with Gasteiger partial charge in [-0.25, -0.2) is 0 Å². The average Bonchev–Trinajstić information content (AvgIpc) is 2.62. The average molecular weight is 224 g/mol. The van der Waals surface area contributed by atoms with Crippen LogP contribution in [0.15, 0.2) is 6.07 Å². The van der Waals surface area contributed by atoms with E-state index in [4.69, 9.17) is 0 Å². The predicted molar refractivity (Wildman–Crippen MR) is 64.5 cm³/mol. The van der Waals surface area contributed by atoms with Gasteiger partial charge in [0.1, 0.15) is 0 Å². The van der Waals surface area contributed by atoms with E-state index in [2.05, 4.69) is 41.6 Å². The molecule has 0 fully saturated rings. The van der Waals surface area contributed by atoms with Crippen molar-refractivity contribution in [3.05, 3.63) is 11.8 Å². The number of aromatic nitrogens is 2. The van der Waals surface area contributed by atoms with E-state index in [-0.39, 0.29) is 11.3 Å². The molecule has 1 heterocycles. The Hall–Kier alpha value is -1.36. The molecule has 1 aromatic rings. The molecule has 16 heavy (non-hydrogen) atoms. The second-order valence-corrected chi connectivity index (χ2v) is 4.82. The SMILES string of the molecule is CNCCC(=O)Nc1cc(C(C)(C)C)[nH]n1. The lowest BCUT2D eigenvalue weighted by molar-refractivity contribution is -0.116.